The number of nitrogens with zero attached hydrogens (tertiary/aromatic N) is 2. The number of primary amides is 1. The number of nitrogens with two attached hydrogens (primary N) is 2. The van der Waals surface area contributed by atoms with Gasteiger partial charge in [-0.1, -0.05) is 61.3 Å². The molecule has 3 unspecified atom stereocenters. The van der Waals surface area contributed by atoms with E-state index in [4.69, 9.17) is 23.1 Å². The van der Waals surface area contributed by atoms with Crippen LogP contribution in [0, 0.1) is 0 Å². The molecule has 0 aliphatic carbocycles. The minimum absolute atomic E-state index is 0.0850. The molecule has 4 aromatic rings. The zero-order valence-electron chi connectivity index (χ0n) is 37.2. The first-order valence-corrected chi connectivity index (χ1v) is 21.4. The van der Waals surface area contributed by atoms with E-state index < -0.39 is 78.1 Å². The zero-order valence-corrected chi connectivity index (χ0v) is 37.9. The second-order valence-electron chi connectivity index (χ2n) is 15.7. The lowest BCUT2D eigenvalue weighted by molar-refractivity contribution is -0.140. The SMILES string of the molecule is CC(C(N)=O)N(C)C(=O)[C@H](C)NC(=O)C1Cc2ccc(O)c(c2)-c2cc(ccc2O)C(N(C)C(=O)CNC(=O)c2ccc(-c3ccc(Cl)cc3)cc2)C(=O)N[C@@H](C)C(=O)N1.CCCCN. The normalized spacial score (nSPS) is 16.7. The number of halogens is 1. The van der Waals surface area contributed by atoms with Crippen molar-refractivity contribution in [1.82, 2.24) is 31.1 Å². The van der Waals surface area contributed by atoms with Gasteiger partial charge in [-0.2, -0.15) is 0 Å². The molecule has 0 aromatic heterocycles. The van der Waals surface area contributed by atoms with E-state index in [9.17, 15) is 43.8 Å². The lowest BCUT2D eigenvalue weighted by atomic mass is 9.93. The van der Waals surface area contributed by atoms with Crippen LogP contribution in [0.3, 0.4) is 0 Å². The fourth-order valence-electron chi connectivity index (χ4n) is 6.77. The number of phenolic OH excluding ortho intramolecular Hbond substituents is 2. The summed E-state index contributed by atoms with van der Waals surface area (Å²) in [5, 5.41) is 32.9. The van der Waals surface area contributed by atoms with Crippen LogP contribution in [0.15, 0.2) is 84.9 Å². The summed E-state index contributed by atoms with van der Waals surface area (Å²) in [4.78, 5) is 95.1. The molecule has 10 N–H and O–H groups in total. The lowest BCUT2D eigenvalue weighted by Crippen LogP contribution is -2.58. The maximum atomic E-state index is 14.1. The molecule has 0 spiro atoms. The highest BCUT2D eigenvalue weighted by molar-refractivity contribution is 6.30. The van der Waals surface area contributed by atoms with Gasteiger partial charge in [0.2, 0.25) is 35.4 Å². The number of likely N-dealkylation sites (N-methyl/N-ethyl adjacent to an activating group) is 2. The molecular formula is C47H57ClN8O9. The van der Waals surface area contributed by atoms with Crippen LogP contribution in [0.25, 0.3) is 22.3 Å². The van der Waals surface area contributed by atoms with Crippen molar-refractivity contribution in [3.63, 3.8) is 0 Å². The van der Waals surface area contributed by atoms with E-state index in [1.165, 1.54) is 84.1 Å². The summed E-state index contributed by atoms with van der Waals surface area (Å²) in [5.74, 6) is -5.55. The Bertz CT molecular complexity index is 2380. The maximum absolute atomic E-state index is 14.1. The minimum Gasteiger partial charge on any atom is -0.507 e. The average Bonchev–Trinajstić information content (AvgIpc) is 3.28. The van der Waals surface area contributed by atoms with Crippen molar-refractivity contribution in [1.29, 1.82) is 0 Å². The van der Waals surface area contributed by atoms with Crippen molar-refractivity contribution in [2.75, 3.05) is 27.2 Å². The predicted molar refractivity (Wildman–Crippen MR) is 246 cm³/mol. The molecule has 0 saturated heterocycles. The Balaban J connectivity index is 0.00000175. The van der Waals surface area contributed by atoms with Gasteiger partial charge in [-0.25, -0.2) is 0 Å². The highest BCUT2D eigenvalue weighted by Crippen LogP contribution is 2.38. The quantitative estimate of drug-likeness (QED) is 0.103. The molecule has 18 heteroatoms. The average molecular weight is 913 g/mol. The van der Waals surface area contributed by atoms with E-state index >= 15 is 0 Å². The number of phenols is 2. The number of amides is 7. The third-order valence-electron chi connectivity index (χ3n) is 10.9. The van der Waals surface area contributed by atoms with Crippen molar-refractivity contribution in [2.24, 2.45) is 11.5 Å². The van der Waals surface area contributed by atoms with Gasteiger partial charge in [0.1, 0.15) is 41.7 Å². The van der Waals surface area contributed by atoms with E-state index in [1.54, 1.807) is 36.4 Å². The summed E-state index contributed by atoms with van der Waals surface area (Å²) >= 11 is 5.99. The molecule has 5 atom stereocenters. The molecule has 17 nitrogen and oxygen atoms in total. The largest absolute Gasteiger partial charge is 0.507 e. The number of aromatic hydroxyl groups is 2. The Morgan fingerprint density at radius 2 is 1.43 bits per heavy atom. The number of fused-ring (bicyclic) bond motifs is 5. The van der Waals surface area contributed by atoms with Gasteiger partial charge in [0.05, 0.1) is 6.54 Å². The van der Waals surface area contributed by atoms with Crippen molar-refractivity contribution in [2.45, 2.75) is 77.2 Å². The fraction of sp³-hybridized carbons (Fsp3) is 0.340. The van der Waals surface area contributed by atoms with Gasteiger partial charge in [0, 0.05) is 42.2 Å². The Morgan fingerprint density at radius 1 is 0.846 bits per heavy atom. The first-order chi connectivity index (χ1) is 30.8. The molecule has 4 bridgehead atoms. The smallest absolute Gasteiger partial charge is 0.251 e. The minimum atomic E-state index is -1.43. The standard InChI is InChI=1S/C43H46ClN7O9.C4H11N/c1-22-39(56)49-33(41(58)48-23(2)43(60)50(4)24(3)38(45)55)19-25-6-16-34(52)31(18-25)32-20-29(13-17-35(32)53)37(42(59)47-22)51(5)36(54)21-46-40(57)28-9-7-26(8-10-28)27-11-14-30(44)15-12-27;1-2-3-4-5/h6-18,20,22-24,33,37,52-53H,19,21H2,1-5H3,(H2,45,55)(H,46,57)(H,47,59)(H,48,58)(H,49,56);2-5H2,1H3/t22-,23-,24?,33?,37?;/m0./s1. The van der Waals surface area contributed by atoms with E-state index in [0.717, 1.165) is 27.5 Å². The lowest BCUT2D eigenvalue weighted by Gasteiger charge is -2.30. The second kappa shape index (κ2) is 23.1. The Hall–Kier alpha value is -6.98. The number of hydrogen-bond acceptors (Lipinski definition) is 10. The van der Waals surface area contributed by atoms with Crippen LogP contribution in [0.1, 0.15) is 68.1 Å². The highest BCUT2D eigenvalue weighted by atomic mass is 35.5. The van der Waals surface area contributed by atoms with Crippen molar-refractivity contribution >= 4 is 53.0 Å². The van der Waals surface area contributed by atoms with Gasteiger partial charge >= 0.3 is 0 Å². The van der Waals surface area contributed by atoms with E-state index in [-0.39, 0.29) is 40.2 Å². The van der Waals surface area contributed by atoms with Crippen LogP contribution in [0.4, 0.5) is 0 Å². The van der Waals surface area contributed by atoms with Gasteiger partial charge in [-0.3, -0.25) is 33.6 Å². The fourth-order valence-corrected chi connectivity index (χ4v) is 6.89. The molecule has 0 fully saturated rings. The van der Waals surface area contributed by atoms with E-state index in [0.29, 0.717) is 10.6 Å². The van der Waals surface area contributed by atoms with Gasteiger partial charge < -0.3 is 52.7 Å². The summed E-state index contributed by atoms with van der Waals surface area (Å²) < 4.78 is 0. The van der Waals surface area contributed by atoms with E-state index in [1.807, 2.05) is 12.1 Å². The molecule has 7 amide bonds. The van der Waals surface area contributed by atoms with E-state index in [2.05, 4.69) is 28.2 Å². The molecule has 346 valence electrons. The highest BCUT2D eigenvalue weighted by Gasteiger charge is 2.34. The Kier molecular flexibility index (Phi) is 18.0. The van der Waals surface area contributed by atoms with Crippen LogP contribution in [0.5, 0.6) is 11.5 Å². The Labute approximate surface area is 382 Å². The number of benzene rings is 4. The van der Waals surface area contributed by atoms with Crippen LogP contribution in [-0.4, -0.2) is 113 Å². The summed E-state index contributed by atoms with van der Waals surface area (Å²) in [6.07, 6.45) is 2.23. The van der Waals surface area contributed by atoms with Crippen molar-refractivity contribution < 1.29 is 43.8 Å². The number of carbonyl (C=O) groups excluding carboxylic acids is 7. The predicted octanol–water partition coefficient (Wildman–Crippen LogP) is 3.14. The van der Waals surface area contributed by atoms with Crippen LogP contribution < -0.4 is 32.7 Å². The molecular weight excluding hydrogens is 856 g/mol. The summed E-state index contributed by atoms with van der Waals surface area (Å²) in [7, 11) is 2.69. The number of carbonyl (C=O) groups is 7. The first kappa shape index (κ1) is 50.7. The second-order valence-corrected chi connectivity index (χ2v) is 16.1. The zero-order chi connectivity index (χ0) is 48.1. The van der Waals surface area contributed by atoms with Crippen LogP contribution in [0.2, 0.25) is 5.02 Å². The monoisotopic (exact) mass is 912 g/mol. The molecule has 4 aromatic carbocycles. The third kappa shape index (κ3) is 13.3. The van der Waals surface area contributed by atoms with Gasteiger partial charge in [0.25, 0.3) is 5.91 Å². The van der Waals surface area contributed by atoms with Gasteiger partial charge in [-0.05, 0) is 105 Å². The number of unbranched alkanes of at least 4 members (excludes halogenated alkanes) is 1. The van der Waals surface area contributed by atoms with Crippen LogP contribution in [-0.2, 0) is 35.2 Å². The summed E-state index contributed by atoms with van der Waals surface area (Å²) in [5.41, 5.74) is 13.3. The van der Waals surface area contributed by atoms with Gasteiger partial charge in [0.15, 0.2) is 0 Å². The molecule has 1 aliphatic heterocycles. The number of nitrogens with one attached hydrogen (secondary N) is 4. The van der Waals surface area contributed by atoms with Crippen molar-refractivity contribution in [3.05, 3.63) is 107 Å². The molecule has 0 radical (unpaired) electrons. The molecule has 1 aliphatic rings. The van der Waals surface area contributed by atoms with Crippen LogP contribution >= 0.6 is 11.6 Å². The Morgan fingerprint density at radius 3 is 2.00 bits per heavy atom. The molecule has 0 saturated carbocycles. The maximum Gasteiger partial charge on any atom is 0.251 e. The molecule has 5 rings (SSSR count). The topological polar surface area (TPSA) is 267 Å². The van der Waals surface area contributed by atoms with Crippen molar-refractivity contribution in [3.8, 4) is 33.8 Å². The molecule has 65 heavy (non-hydrogen) atoms. The summed E-state index contributed by atoms with van der Waals surface area (Å²) in [6.45, 7) is 6.66. The number of rotatable bonds is 12. The first-order valence-electron chi connectivity index (χ1n) is 21.0. The summed E-state index contributed by atoms with van der Waals surface area (Å²) in [6, 6.07) is 16.2. The third-order valence-corrected chi connectivity index (χ3v) is 11.1. The van der Waals surface area contributed by atoms with Gasteiger partial charge in [-0.15, -0.1) is 0 Å². The molecule has 1 heterocycles. The number of hydrogen-bond donors (Lipinski definition) is 8.